The maximum absolute atomic E-state index is 6.16. The number of ether oxygens (including phenoxy) is 8. The number of hydrogen-bond donors (Lipinski definition) is 0. The van der Waals surface area contributed by atoms with Gasteiger partial charge < -0.3 is 37.9 Å². The van der Waals surface area contributed by atoms with E-state index in [0.29, 0.717) is 105 Å². The first-order valence-electron chi connectivity index (χ1n) is 10.6. The number of halogens is 1. The lowest BCUT2D eigenvalue weighted by Gasteiger charge is -2.33. The van der Waals surface area contributed by atoms with Crippen molar-refractivity contribution in [1.82, 2.24) is 0 Å². The highest BCUT2D eigenvalue weighted by atomic mass is 35.5. The van der Waals surface area contributed by atoms with Gasteiger partial charge in [0.1, 0.15) is 5.60 Å². The summed E-state index contributed by atoms with van der Waals surface area (Å²) in [5.74, 6) is 0.461. The summed E-state index contributed by atoms with van der Waals surface area (Å²) >= 11 is 5.65. The van der Waals surface area contributed by atoms with Crippen LogP contribution < -0.4 is 0 Å². The lowest BCUT2D eigenvalue weighted by Crippen LogP contribution is -2.48. The molecule has 1 fully saturated rings. The van der Waals surface area contributed by atoms with E-state index in [0.717, 1.165) is 12.8 Å². The Morgan fingerprint density at radius 2 is 1.24 bits per heavy atom. The van der Waals surface area contributed by atoms with E-state index in [9.17, 15) is 0 Å². The summed E-state index contributed by atoms with van der Waals surface area (Å²) in [6, 6.07) is 0. The highest BCUT2D eigenvalue weighted by Crippen LogP contribution is 2.15. The smallest absolute Gasteiger partial charge is 0.138 e. The largest absolute Gasteiger partial charge is 0.378 e. The van der Waals surface area contributed by atoms with Crippen molar-refractivity contribution in [1.29, 1.82) is 0 Å². The molecule has 0 radical (unpaired) electrons. The summed E-state index contributed by atoms with van der Waals surface area (Å²) in [5.41, 5.74) is -0.710. The Morgan fingerprint density at radius 3 is 1.76 bits per heavy atom. The molecule has 0 amide bonds. The van der Waals surface area contributed by atoms with Crippen LogP contribution in [0.25, 0.3) is 0 Å². The number of rotatable bonds is 11. The highest BCUT2D eigenvalue weighted by molar-refractivity contribution is 6.17. The zero-order valence-corrected chi connectivity index (χ0v) is 18.6. The zero-order valence-electron chi connectivity index (χ0n) is 17.9. The summed E-state index contributed by atoms with van der Waals surface area (Å²) in [7, 11) is 0. The molecule has 1 aliphatic rings. The molecule has 0 aromatic heterocycles. The number of hydrogen-bond acceptors (Lipinski definition) is 8. The molecule has 0 aromatic carbocycles. The van der Waals surface area contributed by atoms with E-state index in [-0.39, 0.29) is 0 Å². The quantitative estimate of drug-likeness (QED) is 0.355. The third kappa shape index (κ3) is 15.4. The minimum Gasteiger partial charge on any atom is -0.378 e. The van der Waals surface area contributed by atoms with Gasteiger partial charge >= 0.3 is 0 Å². The molecule has 1 saturated heterocycles. The monoisotopic (exact) mass is 442 g/mol. The van der Waals surface area contributed by atoms with Crippen molar-refractivity contribution in [2.24, 2.45) is 0 Å². The average Bonchev–Trinajstić information content (AvgIpc) is 2.73. The summed E-state index contributed by atoms with van der Waals surface area (Å²) < 4.78 is 45.6. The maximum Gasteiger partial charge on any atom is 0.138 e. The van der Waals surface area contributed by atoms with Gasteiger partial charge in [0, 0.05) is 12.5 Å². The van der Waals surface area contributed by atoms with Gasteiger partial charge in [-0.3, -0.25) is 0 Å². The number of unbranched alkanes of at least 4 members (excludes halogenated alkanes) is 1. The van der Waals surface area contributed by atoms with Gasteiger partial charge in [-0.15, -0.1) is 11.6 Å². The van der Waals surface area contributed by atoms with Gasteiger partial charge in [0.15, 0.2) is 0 Å². The Kier molecular flexibility index (Phi) is 18.5. The zero-order chi connectivity index (χ0) is 20.9. The van der Waals surface area contributed by atoms with Crippen LogP contribution in [-0.4, -0.2) is 111 Å². The van der Waals surface area contributed by atoms with Crippen molar-refractivity contribution in [2.45, 2.75) is 25.4 Å². The van der Waals surface area contributed by atoms with Crippen LogP contribution in [0, 0.1) is 0 Å². The van der Waals surface area contributed by atoms with Gasteiger partial charge in [-0.1, -0.05) is 13.3 Å². The predicted octanol–water partition coefficient (Wildman–Crippen LogP) is 1.91. The molecule has 0 unspecified atom stereocenters. The molecule has 1 rings (SSSR count). The Balaban J connectivity index is 2.59. The fourth-order valence-corrected chi connectivity index (χ4v) is 2.63. The third-order valence-electron chi connectivity index (χ3n) is 4.08. The fraction of sp³-hybridized carbons (Fsp3) is 1.00. The Bertz CT molecular complexity index is 332. The lowest BCUT2D eigenvalue weighted by molar-refractivity contribution is -0.177. The van der Waals surface area contributed by atoms with Crippen molar-refractivity contribution in [3.63, 3.8) is 0 Å². The number of alkyl halides is 1. The molecule has 0 aliphatic carbocycles. The van der Waals surface area contributed by atoms with Gasteiger partial charge in [0.2, 0.25) is 0 Å². The topological polar surface area (TPSA) is 73.8 Å². The first-order valence-corrected chi connectivity index (χ1v) is 11.1. The van der Waals surface area contributed by atoms with Gasteiger partial charge in [0.25, 0.3) is 0 Å². The second-order valence-corrected chi connectivity index (χ2v) is 7.06. The molecule has 0 bridgehead atoms. The van der Waals surface area contributed by atoms with Crippen molar-refractivity contribution in [3.8, 4) is 0 Å². The van der Waals surface area contributed by atoms with Gasteiger partial charge in [-0.05, 0) is 6.42 Å². The Hall–Kier alpha value is -0.0300. The minimum atomic E-state index is -0.710. The van der Waals surface area contributed by atoms with Gasteiger partial charge in [-0.25, -0.2) is 0 Å². The molecular weight excluding hydrogens is 404 g/mol. The van der Waals surface area contributed by atoms with E-state index in [1.54, 1.807) is 0 Å². The molecule has 29 heavy (non-hydrogen) atoms. The van der Waals surface area contributed by atoms with Crippen LogP contribution in [0.4, 0.5) is 0 Å². The second-order valence-electron chi connectivity index (χ2n) is 6.68. The molecule has 0 saturated carbocycles. The molecule has 1 heterocycles. The molecule has 0 spiro atoms. The van der Waals surface area contributed by atoms with E-state index < -0.39 is 5.60 Å². The summed E-state index contributed by atoms with van der Waals surface area (Å²) in [6.07, 6.45) is 2.08. The maximum atomic E-state index is 6.16. The lowest BCUT2D eigenvalue weighted by atomic mass is 10.1. The molecule has 174 valence electrons. The molecule has 0 aromatic rings. The Morgan fingerprint density at radius 1 is 0.690 bits per heavy atom. The van der Waals surface area contributed by atoms with Gasteiger partial charge in [0.05, 0.1) is 92.5 Å². The second kappa shape index (κ2) is 19.9. The first-order chi connectivity index (χ1) is 14.3. The van der Waals surface area contributed by atoms with E-state index >= 15 is 0 Å². The SMILES string of the molecule is CCCCOCC1(OCCOCCCl)COCCOCCOCCOCCOC1. The van der Waals surface area contributed by atoms with Crippen molar-refractivity contribution in [3.05, 3.63) is 0 Å². The predicted molar refractivity (Wildman–Crippen MR) is 110 cm³/mol. The van der Waals surface area contributed by atoms with Crippen LogP contribution in [-0.2, 0) is 37.9 Å². The van der Waals surface area contributed by atoms with E-state index in [4.69, 9.17) is 49.5 Å². The van der Waals surface area contributed by atoms with Crippen LogP contribution >= 0.6 is 11.6 Å². The molecule has 9 heteroatoms. The van der Waals surface area contributed by atoms with E-state index in [2.05, 4.69) is 6.92 Å². The summed E-state index contributed by atoms with van der Waals surface area (Å²) in [4.78, 5) is 0. The van der Waals surface area contributed by atoms with Crippen LogP contribution in [0.1, 0.15) is 19.8 Å². The molecule has 0 N–H and O–H groups in total. The van der Waals surface area contributed by atoms with Crippen molar-refractivity contribution in [2.75, 3.05) is 105 Å². The Labute approximate surface area is 180 Å². The van der Waals surface area contributed by atoms with Crippen LogP contribution in [0.5, 0.6) is 0 Å². The summed E-state index contributed by atoms with van der Waals surface area (Å²) in [5, 5.41) is 0. The minimum absolute atomic E-state index is 0.343. The van der Waals surface area contributed by atoms with Crippen LogP contribution in [0.15, 0.2) is 0 Å². The van der Waals surface area contributed by atoms with E-state index in [1.807, 2.05) is 0 Å². The van der Waals surface area contributed by atoms with Gasteiger partial charge in [-0.2, -0.15) is 0 Å². The standard InChI is InChI=1S/C20H39ClO8/c1-2-3-5-26-17-20(29-16-15-22-6-4-21)18-27-13-11-24-9-7-23-8-10-25-12-14-28-19-20/h2-19H2,1H3. The average molecular weight is 443 g/mol. The van der Waals surface area contributed by atoms with Crippen molar-refractivity contribution >= 4 is 11.6 Å². The third-order valence-corrected chi connectivity index (χ3v) is 4.24. The first kappa shape index (κ1) is 27.0. The van der Waals surface area contributed by atoms with Crippen LogP contribution in [0.3, 0.4) is 0 Å². The van der Waals surface area contributed by atoms with Crippen LogP contribution in [0.2, 0.25) is 0 Å². The normalized spacial score (nSPS) is 20.5. The molecule has 1 aliphatic heterocycles. The molecule has 0 atom stereocenters. The highest BCUT2D eigenvalue weighted by Gasteiger charge is 2.33. The van der Waals surface area contributed by atoms with E-state index in [1.165, 1.54) is 0 Å². The fourth-order valence-electron chi connectivity index (χ4n) is 2.52. The summed E-state index contributed by atoms with van der Waals surface area (Å²) in [6.45, 7) is 9.31. The van der Waals surface area contributed by atoms with Crippen molar-refractivity contribution < 1.29 is 37.9 Å². The molecule has 8 nitrogen and oxygen atoms in total. The molecular formula is C20H39ClO8.